The average Bonchev–Trinajstić information content (AvgIpc) is 3.11. The number of hydrogen-bond donors (Lipinski definition) is 1. The fourth-order valence-electron chi connectivity index (χ4n) is 3.83. The molecule has 2 aromatic carbocycles. The predicted molar refractivity (Wildman–Crippen MR) is 133 cm³/mol. The largest absolute Gasteiger partial charge is 0.480 e. The number of carboxylic acid groups (broad SMARTS) is 1. The van der Waals surface area contributed by atoms with E-state index in [1.54, 1.807) is 21.4 Å². The van der Waals surface area contributed by atoms with Gasteiger partial charge in [0, 0.05) is 43.3 Å². The molecule has 9 heteroatoms. The highest BCUT2D eigenvalue weighted by molar-refractivity contribution is 7.71. The third-order valence-electron chi connectivity index (χ3n) is 5.59. The van der Waals surface area contributed by atoms with E-state index >= 15 is 0 Å². The van der Waals surface area contributed by atoms with Crippen LogP contribution in [0.2, 0.25) is 5.02 Å². The summed E-state index contributed by atoms with van der Waals surface area (Å²) in [6, 6.07) is 17.5. The molecule has 1 aromatic heterocycles. The van der Waals surface area contributed by atoms with Crippen LogP contribution in [0.5, 0.6) is 0 Å². The molecular formula is C24H26ClN5O2S. The molecule has 4 rings (SSSR count). The molecule has 0 amide bonds. The third kappa shape index (κ3) is 6.17. The van der Waals surface area contributed by atoms with Gasteiger partial charge in [-0.1, -0.05) is 54.1 Å². The van der Waals surface area contributed by atoms with Gasteiger partial charge < -0.3 is 5.11 Å². The van der Waals surface area contributed by atoms with Gasteiger partial charge in [-0.25, -0.2) is 4.68 Å². The van der Waals surface area contributed by atoms with Crippen molar-refractivity contribution in [2.75, 3.05) is 32.7 Å². The maximum Gasteiger partial charge on any atom is 0.323 e. The number of carbonyl (C=O) groups is 1. The van der Waals surface area contributed by atoms with Gasteiger partial charge >= 0.3 is 5.97 Å². The molecule has 0 bridgehead atoms. The highest BCUT2D eigenvalue weighted by Crippen LogP contribution is 2.21. The Morgan fingerprint density at radius 2 is 1.70 bits per heavy atom. The van der Waals surface area contributed by atoms with Crippen LogP contribution >= 0.6 is 23.8 Å². The summed E-state index contributed by atoms with van der Waals surface area (Å²) in [5.41, 5.74) is 1.99. The number of carboxylic acids is 1. The predicted octanol–water partition coefficient (Wildman–Crippen LogP) is 4.11. The van der Waals surface area contributed by atoms with Crippen molar-refractivity contribution in [1.82, 2.24) is 24.1 Å². The molecule has 33 heavy (non-hydrogen) atoms. The topological polar surface area (TPSA) is 66.5 Å². The minimum Gasteiger partial charge on any atom is -0.480 e. The Bertz CT molecular complexity index is 1170. The molecule has 0 spiro atoms. The molecular weight excluding hydrogens is 458 g/mol. The van der Waals surface area contributed by atoms with Crippen LogP contribution < -0.4 is 0 Å². The standard InChI is InChI=1S/C24H26ClN5O2S/c25-21-10-8-20(9-11-21)23-26-30(24(33)29(23)17-22(31)32)18-28-15-13-27(14-16-28)12-4-7-19-5-2-1-3-6-19/h1-11H,12-18H2,(H,31,32)/b7-4+. The lowest BCUT2D eigenvalue weighted by molar-refractivity contribution is -0.137. The maximum absolute atomic E-state index is 11.4. The molecule has 0 aliphatic carbocycles. The summed E-state index contributed by atoms with van der Waals surface area (Å²) in [7, 11) is 0. The summed E-state index contributed by atoms with van der Waals surface area (Å²) >= 11 is 11.6. The monoisotopic (exact) mass is 483 g/mol. The van der Waals surface area contributed by atoms with Gasteiger partial charge in [0.2, 0.25) is 0 Å². The van der Waals surface area contributed by atoms with Gasteiger partial charge in [-0.05, 0) is 42.0 Å². The molecule has 1 saturated heterocycles. The molecule has 2 heterocycles. The Morgan fingerprint density at radius 1 is 1.03 bits per heavy atom. The van der Waals surface area contributed by atoms with Gasteiger partial charge in [0.1, 0.15) is 6.54 Å². The second-order valence-corrected chi connectivity index (χ2v) is 8.77. The van der Waals surface area contributed by atoms with Gasteiger partial charge in [-0.3, -0.25) is 19.2 Å². The first-order valence-corrected chi connectivity index (χ1v) is 11.6. The van der Waals surface area contributed by atoms with Crippen molar-refractivity contribution in [1.29, 1.82) is 0 Å². The van der Waals surface area contributed by atoms with E-state index in [0.29, 0.717) is 22.3 Å². The summed E-state index contributed by atoms with van der Waals surface area (Å²) in [6.45, 7) is 4.89. The minimum atomic E-state index is -0.960. The normalized spacial score (nSPS) is 15.3. The maximum atomic E-state index is 11.4. The van der Waals surface area contributed by atoms with E-state index < -0.39 is 5.97 Å². The second kappa shape index (κ2) is 10.9. The van der Waals surface area contributed by atoms with Gasteiger partial charge in [-0.15, -0.1) is 0 Å². The molecule has 0 saturated carbocycles. The van der Waals surface area contributed by atoms with Gasteiger partial charge in [-0.2, -0.15) is 5.10 Å². The van der Waals surface area contributed by atoms with Crippen LogP contribution in [0, 0.1) is 4.77 Å². The Balaban J connectivity index is 1.40. The van der Waals surface area contributed by atoms with Crippen LogP contribution in [-0.4, -0.2) is 67.9 Å². The average molecular weight is 484 g/mol. The first-order chi connectivity index (χ1) is 16.0. The number of hydrogen-bond acceptors (Lipinski definition) is 5. The minimum absolute atomic E-state index is 0.238. The third-order valence-corrected chi connectivity index (χ3v) is 6.27. The van der Waals surface area contributed by atoms with Crippen molar-refractivity contribution in [3.63, 3.8) is 0 Å². The van der Waals surface area contributed by atoms with E-state index in [1.807, 2.05) is 30.3 Å². The van der Waals surface area contributed by atoms with Crippen molar-refractivity contribution in [3.8, 4) is 11.4 Å². The van der Waals surface area contributed by atoms with Crippen LogP contribution in [0.4, 0.5) is 0 Å². The number of rotatable bonds is 8. The summed E-state index contributed by atoms with van der Waals surface area (Å²) in [4.78, 5) is 16.1. The van der Waals surface area contributed by atoms with Crippen LogP contribution in [-0.2, 0) is 18.0 Å². The molecule has 0 atom stereocenters. The molecule has 1 fully saturated rings. The fourth-order valence-corrected chi connectivity index (χ4v) is 4.20. The van der Waals surface area contributed by atoms with E-state index in [-0.39, 0.29) is 6.54 Å². The molecule has 7 nitrogen and oxygen atoms in total. The van der Waals surface area contributed by atoms with Crippen molar-refractivity contribution in [2.24, 2.45) is 0 Å². The first-order valence-electron chi connectivity index (χ1n) is 10.8. The smallest absolute Gasteiger partial charge is 0.323 e. The molecule has 1 N–H and O–H groups in total. The molecule has 1 aliphatic rings. The highest BCUT2D eigenvalue weighted by Gasteiger charge is 2.20. The molecule has 0 unspecified atom stereocenters. The molecule has 1 aliphatic heterocycles. The summed E-state index contributed by atoms with van der Waals surface area (Å²) < 4.78 is 3.68. The number of aliphatic carboxylic acids is 1. The van der Waals surface area contributed by atoms with Crippen LogP contribution in [0.3, 0.4) is 0 Å². The lowest BCUT2D eigenvalue weighted by atomic mass is 10.2. The van der Waals surface area contributed by atoms with Crippen molar-refractivity contribution < 1.29 is 9.90 Å². The number of aromatic nitrogens is 3. The Kier molecular flexibility index (Phi) is 7.72. The molecule has 172 valence electrons. The number of piperazine rings is 1. The van der Waals surface area contributed by atoms with E-state index in [4.69, 9.17) is 23.8 Å². The zero-order valence-corrected chi connectivity index (χ0v) is 19.8. The van der Waals surface area contributed by atoms with E-state index in [2.05, 4.69) is 39.2 Å². The fraction of sp³-hybridized carbons (Fsp3) is 0.292. The summed E-state index contributed by atoms with van der Waals surface area (Å²) in [6.07, 6.45) is 4.35. The Labute approximate surface area is 203 Å². The Hall–Kier alpha value is -2.78. The Morgan fingerprint density at radius 3 is 2.36 bits per heavy atom. The summed E-state index contributed by atoms with van der Waals surface area (Å²) in [5, 5.41) is 14.6. The van der Waals surface area contributed by atoms with Crippen molar-refractivity contribution in [2.45, 2.75) is 13.2 Å². The highest BCUT2D eigenvalue weighted by atomic mass is 35.5. The zero-order valence-electron chi connectivity index (χ0n) is 18.2. The van der Waals surface area contributed by atoms with E-state index in [1.165, 1.54) is 5.56 Å². The lowest BCUT2D eigenvalue weighted by Gasteiger charge is -2.33. The van der Waals surface area contributed by atoms with Crippen LogP contribution in [0.1, 0.15) is 5.56 Å². The summed E-state index contributed by atoms with van der Waals surface area (Å²) in [5.74, 6) is -0.429. The van der Waals surface area contributed by atoms with Crippen LogP contribution in [0.25, 0.3) is 17.5 Å². The van der Waals surface area contributed by atoms with E-state index in [9.17, 15) is 9.90 Å². The lowest BCUT2D eigenvalue weighted by Crippen LogP contribution is -2.46. The van der Waals surface area contributed by atoms with Gasteiger partial charge in [0.05, 0.1) is 6.67 Å². The van der Waals surface area contributed by atoms with Crippen molar-refractivity contribution >= 4 is 35.9 Å². The zero-order chi connectivity index (χ0) is 23.2. The molecule has 3 aromatic rings. The van der Waals surface area contributed by atoms with Gasteiger partial charge in [0.25, 0.3) is 0 Å². The second-order valence-electron chi connectivity index (χ2n) is 7.97. The SMILES string of the molecule is O=C(O)Cn1c(-c2ccc(Cl)cc2)nn(CN2CCN(C/C=C/c3ccccc3)CC2)c1=S. The van der Waals surface area contributed by atoms with Gasteiger partial charge in [0.15, 0.2) is 10.6 Å². The van der Waals surface area contributed by atoms with Crippen LogP contribution in [0.15, 0.2) is 60.7 Å². The quantitative estimate of drug-likeness (QED) is 0.486. The number of benzene rings is 2. The van der Waals surface area contributed by atoms with Crippen molar-refractivity contribution in [3.05, 3.63) is 76.0 Å². The first kappa shape index (κ1) is 23.4. The number of nitrogens with zero attached hydrogens (tertiary/aromatic N) is 5. The number of halogens is 1. The molecule has 0 radical (unpaired) electrons. The van der Waals surface area contributed by atoms with E-state index in [0.717, 1.165) is 38.3 Å².